The molecule has 0 unspecified atom stereocenters. The van der Waals surface area contributed by atoms with Gasteiger partial charge in [-0.1, -0.05) is 23.7 Å². The zero-order valence-corrected chi connectivity index (χ0v) is 10.1. The second-order valence-corrected chi connectivity index (χ2v) is 4.68. The Bertz CT molecular complexity index is 395. The number of Topliss-reactive ketones (excluding diaryl/α,β-unsaturated/α-hetero) is 1. The number of halogens is 1. The van der Waals surface area contributed by atoms with Crippen molar-refractivity contribution < 1.29 is 9.53 Å². The third-order valence-electron chi connectivity index (χ3n) is 3.30. The molecule has 1 fully saturated rings. The molecule has 2 rings (SSSR count). The number of rotatable bonds is 3. The van der Waals surface area contributed by atoms with Crippen LogP contribution >= 0.6 is 11.6 Å². The number of methoxy groups -OCH3 is 1. The molecule has 3 heteroatoms. The van der Waals surface area contributed by atoms with Gasteiger partial charge < -0.3 is 4.74 Å². The molecule has 0 amide bonds. The number of carbonyl (C=O) groups is 1. The number of ether oxygens (including phenoxy) is 1. The van der Waals surface area contributed by atoms with Crippen LogP contribution in [0.15, 0.2) is 24.3 Å². The molecule has 1 aliphatic rings. The number of carbonyl (C=O) groups excluding carboxylic acids is 1. The van der Waals surface area contributed by atoms with Gasteiger partial charge in [0.05, 0.1) is 0 Å². The molecule has 2 nitrogen and oxygen atoms in total. The van der Waals surface area contributed by atoms with Crippen LogP contribution in [0, 0.1) is 0 Å². The van der Waals surface area contributed by atoms with Crippen LogP contribution in [-0.2, 0) is 4.74 Å². The molecule has 0 saturated heterocycles. The molecule has 0 atom stereocenters. The van der Waals surface area contributed by atoms with E-state index >= 15 is 0 Å². The maximum Gasteiger partial charge on any atom is 0.194 e. The zero-order chi connectivity index (χ0) is 11.6. The molecule has 0 N–H and O–H groups in total. The van der Waals surface area contributed by atoms with Gasteiger partial charge in [-0.2, -0.15) is 0 Å². The van der Waals surface area contributed by atoms with Crippen molar-refractivity contribution in [2.24, 2.45) is 0 Å². The average molecular weight is 239 g/mol. The molecule has 1 aromatic rings. The highest BCUT2D eigenvalue weighted by Crippen LogP contribution is 2.35. The maximum atomic E-state index is 12.4. The summed E-state index contributed by atoms with van der Waals surface area (Å²) in [6.45, 7) is 0. The van der Waals surface area contributed by atoms with Crippen molar-refractivity contribution in [2.75, 3.05) is 7.11 Å². The van der Waals surface area contributed by atoms with Crippen molar-refractivity contribution in [2.45, 2.75) is 31.3 Å². The first-order chi connectivity index (χ1) is 7.68. The van der Waals surface area contributed by atoms with E-state index in [4.69, 9.17) is 16.3 Å². The summed E-state index contributed by atoms with van der Waals surface area (Å²) in [5.41, 5.74) is 0.0428. The summed E-state index contributed by atoms with van der Waals surface area (Å²) < 4.78 is 5.46. The van der Waals surface area contributed by atoms with Crippen LogP contribution in [0.2, 0.25) is 5.02 Å². The zero-order valence-electron chi connectivity index (χ0n) is 9.33. The van der Waals surface area contributed by atoms with E-state index in [0.717, 1.165) is 25.7 Å². The Kier molecular flexibility index (Phi) is 3.31. The van der Waals surface area contributed by atoms with Crippen molar-refractivity contribution in [3.05, 3.63) is 34.9 Å². The van der Waals surface area contributed by atoms with Gasteiger partial charge in [0.1, 0.15) is 5.60 Å². The first-order valence-corrected chi connectivity index (χ1v) is 5.91. The van der Waals surface area contributed by atoms with Gasteiger partial charge in [0.15, 0.2) is 5.78 Å². The van der Waals surface area contributed by atoms with Crippen molar-refractivity contribution in [1.29, 1.82) is 0 Å². The lowest BCUT2D eigenvalue weighted by Crippen LogP contribution is -2.37. The van der Waals surface area contributed by atoms with Crippen LogP contribution in [0.3, 0.4) is 0 Å². The van der Waals surface area contributed by atoms with Crippen LogP contribution in [-0.4, -0.2) is 18.5 Å². The fraction of sp³-hybridized carbons (Fsp3) is 0.462. The molecular weight excluding hydrogens is 224 g/mol. The topological polar surface area (TPSA) is 26.3 Å². The Morgan fingerprint density at radius 1 is 1.38 bits per heavy atom. The standard InChI is InChI=1S/C13H15ClO2/c1-16-13(7-2-3-8-13)12(15)10-5-4-6-11(14)9-10/h4-6,9H,2-3,7-8H2,1H3. The van der Waals surface area contributed by atoms with Crippen LogP contribution in [0.25, 0.3) is 0 Å². The number of benzene rings is 1. The van der Waals surface area contributed by atoms with Gasteiger partial charge >= 0.3 is 0 Å². The largest absolute Gasteiger partial charge is 0.370 e. The molecule has 0 spiro atoms. The average Bonchev–Trinajstić information content (AvgIpc) is 2.78. The fourth-order valence-electron chi connectivity index (χ4n) is 2.36. The third kappa shape index (κ3) is 2.00. The number of ketones is 1. The van der Waals surface area contributed by atoms with Crippen LogP contribution in [0.5, 0.6) is 0 Å². The summed E-state index contributed by atoms with van der Waals surface area (Å²) in [4.78, 5) is 12.4. The Labute approximate surface area is 101 Å². The Morgan fingerprint density at radius 2 is 2.06 bits per heavy atom. The molecule has 0 radical (unpaired) electrons. The van der Waals surface area contributed by atoms with E-state index in [1.54, 1.807) is 31.4 Å². The highest BCUT2D eigenvalue weighted by molar-refractivity contribution is 6.31. The summed E-state index contributed by atoms with van der Waals surface area (Å²) in [7, 11) is 1.62. The van der Waals surface area contributed by atoms with Gasteiger partial charge in [-0.25, -0.2) is 0 Å². The van der Waals surface area contributed by atoms with Gasteiger partial charge in [0.2, 0.25) is 0 Å². The minimum absolute atomic E-state index is 0.0648. The summed E-state index contributed by atoms with van der Waals surface area (Å²) in [5.74, 6) is 0.0648. The number of hydrogen-bond acceptors (Lipinski definition) is 2. The number of hydrogen-bond donors (Lipinski definition) is 0. The monoisotopic (exact) mass is 238 g/mol. The lowest BCUT2D eigenvalue weighted by atomic mass is 9.91. The minimum Gasteiger partial charge on any atom is -0.370 e. The van der Waals surface area contributed by atoms with Crippen molar-refractivity contribution >= 4 is 17.4 Å². The molecule has 0 aliphatic heterocycles. The van der Waals surface area contributed by atoms with E-state index in [0.29, 0.717) is 10.6 Å². The molecule has 0 aromatic heterocycles. The first kappa shape index (κ1) is 11.6. The molecule has 86 valence electrons. The maximum absolute atomic E-state index is 12.4. The molecule has 16 heavy (non-hydrogen) atoms. The third-order valence-corrected chi connectivity index (χ3v) is 3.54. The van der Waals surface area contributed by atoms with Gasteiger partial charge in [-0.05, 0) is 37.8 Å². The summed E-state index contributed by atoms with van der Waals surface area (Å²) in [5, 5.41) is 0.593. The van der Waals surface area contributed by atoms with Gasteiger partial charge in [-0.15, -0.1) is 0 Å². The second-order valence-electron chi connectivity index (χ2n) is 4.24. The van der Waals surface area contributed by atoms with Crippen molar-refractivity contribution in [1.82, 2.24) is 0 Å². The minimum atomic E-state index is -0.606. The molecule has 1 aliphatic carbocycles. The van der Waals surface area contributed by atoms with E-state index in [-0.39, 0.29) is 5.78 Å². The van der Waals surface area contributed by atoms with Gasteiger partial charge in [0, 0.05) is 17.7 Å². The van der Waals surface area contributed by atoms with Crippen LogP contribution < -0.4 is 0 Å². The second kappa shape index (κ2) is 4.56. The normalized spacial score (nSPS) is 18.6. The van der Waals surface area contributed by atoms with Gasteiger partial charge in [-0.3, -0.25) is 4.79 Å². The van der Waals surface area contributed by atoms with E-state index in [2.05, 4.69) is 0 Å². The molecule has 0 heterocycles. The van der Waals surface area contributed by atoms with E-state index < -0.39 is 5.60 Å². The Balaban J connectivity index is 2.30. The predicted molar refractivity (Wildman–Crippen MR) is 64.0 cm³/mol. The predicted octanol–water partition coefficient (Wildman–Crippen LogP) is 3.48. The van der Waals surface area contributed by atoms with E-state index in [9.17, 15) is 4.79 Å². The molecule has 1 saturated carbocycles. The molecule has 1 aromatic carbocycles. The molecular formula is C13H15ClO2. The Morgan fingerprint density at radius 3 is 2.62 bits per heavy atom. The summed E-state index contributed by atoms with van der Waals surface area (Å²) in [6, 6.07) is 7.08. The fourth-order valence-corrected chi connectivity index (χ4v) is 2.55. The quantitative estimate of drug-likeness (QED) is 0.754. The lowest BCUT2D eigenvalue weighted by molar-refractivity contribution is 0.00602. The van der Waals surface area contributed by atoms with E-state index in [1.807, 2.05) is 0 Å². The first-order valence-electron chi connectivity index (χ1n) is 5.53. The van der Waals surface area contributed by atoms with E-state index in [1.165, 1.54) is 0 Å². The summed E-state index contributed by atoms with van der Waals surface area (Å²) >= 11 is 5.89. The van der Waals surface area contributed by atoms with Crippen molar-refractivity contribution in [3.8, 4) is 0 Å². The molecule has 0 bridgehead atoms. The van der Waals surface area contributed by atoms with Crippen LogP contribution in [0.1, 0.15) is 36.0 Å². The van der Waals surface area contributed by atoms with Crippen LogP contribution in [0.4, 0.5) is 0 Å². The lowest BCUT2D eigenvalue weighted by Gasteiger charge is -2.25. The summed E-state index contributed by atoms with van der Waals surface area (Å²) in [6.07, 6.45) is 3.74. The van der Waals surface area contributed by atoms with Crippen molar-refractivity contribution in [3.63, 3.8) is 0 Å². The highest BCUT2D eigenvalue weighted by Gasteiger charge is 2.41. The van der Waals surface area contributed by atoms with Gasteiger partial charge in [0.25, 0.3) is 0 Å². The Hall–Kier alpha value is -0.860. The highest BCUT2D eigenvalue weighted by atomic mass is 35.5. The smallest absolute Gasteiger partial charge is 0.194 e. The SMILES string of the molecule is COC1(C(=O)c2cccc(Cl)c2)CCCC1.